The molecule has 0 spiro atoms. The average Bonchev–Trinajstić information content (AvgIpc) is 3.16. The van der Waals surface area contributed by atoms with Crippen molar-refractivity contribution in [1.29, 1.82) is 0 Å². The summed E-state index contributed by atoms with van der Waals surface area (Å²) in [6.07, 6.45) is 0.514. The number of hydrazone groups is 1. The molecule has 0 aliphatic carbocycles. The Labute approximate surface area is 170 Å². The van der Waals surface area contributed by atoms with Gasteiger partial charge in [-0.05, 0) is 42.3 Å². The van der Waals surface area contributed by atoms with E-state index in [1.54, 1.807) is 12.1 Å². The van der Waals surface area contributed by atoms with Gasteiger partial charge in [0.1, 0.15) is 0 Å². The third kappa shape index (κ3) is 3.55. The number of benzene rings is 3. The zero-order chi connectivity index (χ0) is 19.7. The third-order valence-electron chi connectivity index (χ3n) is 4.80. The number of aryl methyl sites for hydroxylation is 1. The van der Waals surface area contributed by atoms with Crippen LogP contribution in [0, 0.1) is 6.92 Å². The predicted molar refractivity (Wildman–Crippen MR) is 112 cm³/mol. The molecule has 28 heavy (non-hydrogen) atoms. The number of hydrogen-bond donors (Lipinski definition) is 0. The van der Waals surface area contributed by atoms with Crippen LogP contribution in [0.2, 0.25) is 5.02 Å². The molecule has 0 saturated carbocycles. The Kier molecular flexibility index (Phi) is 4.96. The number of halogens is 1. The second kappa shape index (κ2) is 7.41. The van der Waals surface area contributed by atoms with Crippen LogP contribution >= 0.6 is 11.6 Å². The molecular weight excluding hydrogens is 392 g/mol. The van der Waals surface area contributed by atoms with Crippen molar-refractivity contribution < 1.29 is 8.42 Å². The molecule has 4 nitrogen and oxygen atoms in total. The number of nitrogens with zero attached hydrogens (tertiary/aromatic N) is 2. The Morgan fingerprint density at radius 3 is 2.21 bits per heavy atom. The van der Waals surface area contributed by atoms with Crippen LogP contribution in [0.5, 0.6) is 0 Å². The Bertz CT molecular complexity index is 1110. The molecule has 0 radical (unpaired) electrons. The largest absolute Gasteiger partial charge is 0.279 e. The van der Waals surface area contributed by atoms with E-state index < -0.39 is 16.1 Å². The van der Waals surface area contributed by atoms with Crippen LogP contribution in [0.3, 0.4) is 0 Å². The van der Waals surface area contributed by atoms with Crippen molar-refractivity contribution in [3.05, 3.63) is 101 Å². The molecule has 142 valence electrons. The summed E-state index contributed by atoms with van der Waals surface area (Å²) in [4.78, 5) is 0.173. The Morgan fingerprint density at radius 1 is 0.929 bits per heavy atom. The highest BCUT2D eigenvalue weighted by molar-refractivity contribution is 7.89. The highest BCUT2D eigenvalue weighted by Gasteiger charge is 2.37. The van der Waals surface area contributed by atoms with E-state index in [-0.39, 0.29) is 4.90 Å². The molecular formula is C22H19ClN2O2S. The van der Waals surface area contributed by atoms with E-state index in [0.717, 1.165) is 22.4 Å². The molecule has 1 unspecified atom stereocenters. The lowest BCUT2D eigenvalue weighted by atomic mass is 9.98. The number of hydrogen-bond acceptors (Lipinski definition) is 3. The van der Waals surface area contributed by atoms with Gasteiger partial charge in [-0.1, -0.05) is 71.8 Å². The Balaban J connectivity index is 1.79. The van der Waals surface area contributed by atoms with Crippen LogP contribution in [0.15, 0.2) is 88.9 Å². The molecule has 1 aliphatic rings. The molecule has 1 aliphatic heterocycles. The standard InChI is InChI=1S/C22H19ClN2O2S/c1-16-7-9-18(10-8-16)22-15-21(17-5-3-2-4-6-17)24-25(22)28(26,27)20-13-11-19(23)12-14-20/h2-14,22H,15H2,1H3. The van der Waals surface area contributed by atoms with Gasteiger partial charge in [-0.25, -0.2) is 0 Å². The molecule has 1 atom stereocenters. The van der Waals surface area contributed by atoms with Gasteiger partial charge in [-0.15, -0.1) is 0 Å². The number of rotatable bonds is 4. The second-order valence-electron chi connectivity index (χ2n) is 6.77. The fraction of sp³-hybridized carbons (Fsp3) is 0.136. The van der Waals surface area contributed by atoms with Crippen LogP contribution in [0.4, 0.5) is 0 Å². The van der Waals surface area contributed by atoms with Crippen LogP contribution < -0.4 is 0 Å². The lowest BCUT2D eigenvalue weighted by Crippen LogP contribution is -2.27. The first-order chi connectivity index (χ1) is 13.4. The van der Waals surface area contributed by atoms with Crippen LogP contribution in [0.25, 0.3) is 0 Å². The van der Waals surface area contributed by atoms with E-state index in [0.29, 0.717) is 11.4 Å². The van der Waals surface area contributed by atoms with E-state index in [4.69, 9.17) is 11.6 Å². The van der Waals surface area contributed by atoms with Gasteiger partial charge >= 0.3 is 0 Å². The molecule has 0 aromatic heterocycles. The maximum Gasteiger partial charge on any atom is 0.279 e. The summed E-state index contributed by atoms with van der Waals surface area (Å²) in [7, 11) is -3.82. The zero-order valence-corrected chi connectivity index (χ0v) is 16.9. The van der Waals surface area contributed by atoms with E-state index >= 15 is 0 Å². The molecule has 1 heterocycles. The van der Waals surface area contributed by atoms with E-state index in [1.807, 2.05) is 61.5 Å². The summed E-state index contributed by atoms with van der Waals surface area (Å²) >= 11 is 5.93. The van der Waals surface area contributed by atoms with Crippen molar-refractivity contribution in [3.63, 3.8) is 0 Å². The summed E-state index contributed by atoms with van der Waals surface area (Å²) in [5, 5.41) is 5.03. The van der Waals surface area contributed by atoms with Gasteiger partial charge in [-0.2, -0.15) is 17.9 Å². The summed E-state index contributed by atoms with van der Waals surface area (Å²) in [6.45, 7) is 2.01. The normalized spacial score (nSPS) is 16.9. The molecule has 0 saturated heterocycles. The van der Waals surface area contributed by atoms with Gasteiger partial charge < -0.3 is 0 Å². The van der Waals surface area contributed by atoms with E-state index in [9.17, 15) is 8.42 Å². The second-order valence-corrected chi connectivity index (χ2v) is 9.01. The maximum atomic E-state index is 13.3. The van der Waals surface area contributed by atoms with Gasteiger partial charge in [0.25, 0.3) is 10.0 Å². The van der Waals surface area contributed by atoms with Crippen molar-refractivity contribution in [2.45, 2.75) is 24.3 Å². The molecule has 3 aromatic carbocycles. The minimum absolute atomic E-state index is 0.173. The quantitative estimate of drug-likeness (QED) is 0.594. The van der Waals surface area contributed by atoms with Crippen molar-refractivity contribution in [2.24, 2.45) is 5.10 Å². The summed E-state index contributed by atoms with van der Waals surface area (Å²) < 4.78 is 27.9. The zero-order valence-electron chi connectivity index (χ0n) is 15.3. The molecule has 0 amide bonds. The van der Waals surface area contributed by atoms with Gasteiger partial charge in [0.2, 0.25) is 0 Å². The van der Waals surface area contributed by atoms with Crippen LogP contribution in [-0.2, 0) is 10.0 Å². The summed E-state index contributed by atoms with van der Waals surface area (Å²) in [5.74, 6) is 0. The first-order valence-corrected chi connectivity index (χ1v) is 10.8. The first kappa shape index (κ1) is 18.7. The van der Waals surface area contributed by atoms with E-state index in [2.05, 4.69) is 5.10 Å². The van der Waals surface area contributed by atoms with Gasteiger partial charge in [0.15, 0.2) is 0 Å². The summed E-state index contributed by atoms with van der Waals surface area (Å²) in [5.41, 5.74) is 3.72. The molecule has 6 heteroatoms. The molecule has 3 aromatic rings. The molecule has 0 fully saturated rings. The predicted octanol–water partition coefficient (Wildman–Crippen LogP) is 5.19. The van der Waals surface area contributed by atoms with Crippen LogP contribution in [-0.4, -0.2) is 18.5 Å². The fourth-order valence-corrected chi connectivity index (χ4v) is 4.83. The lowest BCUT2D eigenvalue weighted by Gasteiger charge is -2.23. The van der Waals surface area contributed by atoms with Crippen molar-refractivity contribution >= 4 is 27.3 Å². The van der Waals surface area contributed by atoms with Crippen molar-refractivity contribution in [3.8, 4) is 0 Å². The number of sulfonamides is 1. The van der Waals surface area contributed by atoms with Crippen LogP contribution in [0.1, 0.15) is 29.2 Å². The Hall–Kier alpha value is -2.63. The minimum atomic E-state index is -3.82. The maximum absolute atomic E-state index is 13.3. The lowest BCUT2D eigenvalue weighted by molar-refractivity contribution is 0.371. The smallest absolute Gasteiger partial charge is 0.200 e. The average molecular weight is 411 g/mol. The molecule has 4 rings (SSSR count). The SMILES string of the molecule is Cc1ccc(C2CC(c3ccccc3)=NN2S(=O)(=O)c2ccc(Cl)cc2)cc1. The van der Waals surface area contributed by atoms with Crippen molar-refractivity contribution in [2.75, 3.05) is 0 Å². The first-order valence-electron chi connectivity index (χ1n) is 8.94. The molecule has 0 N–H and O–H groups in total. The minimum Gasteiger partial charge on any atom is -0.200 e. The van der Waals surface area contributed by atoms with E-state index in [1.165, 1.54) is 16.5 Å². The van der Waals surface area contributed by atoms with Gasteiger partial charge in [-0.3, -0.25) is 0 Å². The van der Waals surface area contributed by atoms with Gasteiger partial charge in [0, 0.05) is 11.4 Å². The summed E-state index contributed by atoms with van der Waals surface area (Å²) in [6, 6.07) is 23.4. The third-order valence-corrected chi connectivity index (χ3v) is 6.75. The fourth-order valence-electron chi connectivity index (χ4n) is 3.27. The monoisotopic (exact) mass is 410 g/mol. The highest BCUT2D eigenvalue weighted by atomic mass is 35.5. The topological polar surface area (TPSA) is 49.7 Å². The van der Waals surface area contributed by atoms with Crippen molar-refractivity contribution in [1.82, 2.24) is 4.41 Å². The molecule has 0 bridgehead atoms. The Morgan fingerprint density at radius 2 is 1.57 bits per heavy atom. The van der Waals surface area contributed by atoms with Gasteiger partial charge in [0.05, 0.1) is 16.6 Å². The highest BCUT2D eigenvalue weighted by Crippen LogP contribution is 2.37.